The molecular weight excluding hydrogens is 182 g/mol. The fourth-order valence-corrected chi connectivity index (χ4v) is 1.31. The van der Waals surface area contributed by atoms with Crippen LogP contribution in [0.3, 0.4) is 0 Å². The van der Waals surface area contributed by atoms with Gasteiger partial charge >= 0.3 is 5.97 Å². The number of carboxylic acids is 1. The van der Waals surface area contributed by atoms with Gasteiger partial charge in [-0.3, -0.25) is 4.79 Å². The number of aliphatic imine (C=N–C) groups is 1. The highest BCUT2D eigenvalue weighted by atomic mass is 32.2. The van der Waals surface area contributed by atoms with Gasteiger partial charge in [0.25, 0.3) is 0 Å². The minimum Gasteiger partial charge on any atom is -0.480 e. The zero-order valence-electron chi connectivity index (χ0n) is 5.84. The van der Waals surface area contributed by atoms with Gasteiger partial charge in [0.1, 0.15) is 5.92 Å². The molecule has 64 valence electrons. The third-order valence-corrected chi connectivity index (χ3v) is 2.00. The number of carboxylic acid groups (broad SMARTS) is 1. The van der Waals surface area contributed by atoms with Crippen molar-refractivity contribution >= 4 is 27.5 Å². The normalized spacial score (nSPS) is 21.0. The molecule has 0 aromatic rings. The van der Waals surface area contributed by atoms with Gasteiger partial charge in [-0.2, -0.15) is 8.42 Å². The first-order chi connectivity index (χ1) is 5.63. The molecule has 0 aromatic carbocycles. The van der Waals surface area contributed by atoms with Crippen LogP contribution in [0.1, 0.15) is 0 Å². The van der Waals surface area contributed by atoms with Crippen LogP contribution in [0.25, 0.3) is 0 Å². The molecule has 1 rings (SSSR count). The molecule has 0 fully saturated rings. The van der Waals surface area contributed by atoms with Crippen molar-refractivity contribution in [3.63, 3.8) is 0 Å². The quantitative estimate of drug-likeness (QED) is 0.552. The van der Waals surface area contributed by atoms with Crippen LogP contribution < -0.4 is 0 Å². The lowest BCUT2D eigenvalue weighted by atomic mass is 10.1. The topological polar surface area (TPSA) is 83.8 Å². The lowest BCUT2D eigenvalue weighted by molar-refractivity contribution is -0.138. The number of hydrogen-bond acceptors (Lipinski definition) is 3. The average Bonchev–Trinajstić information content (AvgIpc) is 2.04. The minimum atomic E-state index is -2.57. The predicted octanol–water partition coefficient (Wildman–Crippen LogP) is -0.663. The number of rotatable bonds is 1. The van der Waals surface area contributed by atoms with Crippen LogP contribution in [0.2, 0.25) is 0 Å². The summed E-state index contributed by atoms with van der Waals surface area (Å²) in [6.07, 6.45) is 3.90. The molecule has 5 nitrogen and oxygen atoms in total. The molecule has 1 N–H and O–H groups in total. The van der Waals surface area contributed by atoms with Gasteiger partial charge < -0.3 is 5.11 Å². The Morgan fingerprint density at radius 2 is 2.25 bits per heavy atom. The molecule has 0 aliphatic carbocycles. The van der Waals surface area contributed by atoms with Crippen molar-refractivity contribution in [3.05, 3.63) is 12.2 Å². The molecule has 0 radical (unpaired) electrons. The third kappa shape index (κ3) is 1.59. The highest BCUT2D eigenvalue weighted by molar-refractivity contribution is 7.73. The molecule has 1 aliphatic rings. The second-order valence-corrected chi connectivity index (χ2v) is 2.94. The zero-order valence-corrected chi connectivity index (χ0v) is 6.65. The number of nitrogens with zero attached hydrogens (tertiary/aromatic N) is 1. The van der Waals surface area contributed by atoms with E-state index >= 15 is 0 Å². The van der Waals surface area contributed by atoms with Gasteiger partial charge in [-0.1, -0.05) is 6.08 Å². The van der Waals surface area contributed by atoms with Crippen LogP contribution >= 0.6 is 0 Å². The Morgan fingerprint density at radius 3 is 2.67 bits per heavy atom. The number of aliphatic carboxylic acids is 1. The Balaban J connectivity index is 3.19. The monoisotopic (exact) mass is 187 g/mol. The molecule has 0 amide bonds. The number of hydrogen-bond donors (Lipinski definition) is 1. The van der Waals surface area contributed by atoms with Crippen molar-refractivity contribution in [1.29, 1.82) is 0 Å². The van der Waals surface area contributed by atoms with Crippen LogP contribution in [-0.2, 0) is 15.1 Å². The Morgan fingerprint density at radius 1 is 1.58 bits per heavy atom. The lowest BCUT2D eigenvalue weighted by Crippen LogP contribution is -2.22. The van der Waals surface area contributed by atoms with Gasteiger partial charge in [0.05, 0.1) is 0 Å². The molecule has 0 spiro atoms. The van der Waals surface area contributed by atoms with Crippen LogP contribution in [-0.4, -0.2) is 30.7 Å². The SMILES string of the molecule is O=C(O)C1C=CC=NC1=S(=O)=O. The first-order valence-electron chi connectivity index (χ1n) is 3.02. The molecule has 0 saturated heterocycles. The van der Waals surface area contributed by atoms with E-state index < -0.39 is 22.2 Å². The summed E-state index contributed by atoms with van der Waals surface area (Å²) < 4.78 is 20.8. The maximum atomic E-state index is 10.4. The number of dihydropyridines is 1. The van der Waals surface area contributed by atoms with E-state index in [9.17, 15) is 13.2 Å². The molecule has 12 heavy (non-hydrogen) atoms. The summed E-state index contributed by atoms with van der Waals surface area (Å²) in [6, 6.07) is 0. The van der Waals surface area contributed by atoms with Crippen molar-refractivity contribution in [2.24, 2.45) is 10.9 Å². The molecule has 0 aromatic heterocycles. The van der Waals surface area contributed by atoms with E-state index in [4.69, 9.17) is 5.11 Å². The van der Waals surface area contributed by atoms with Gasteiger partial charge in [-0.15, -0.1) is 0 Å². The van der Waals surface area contributed by atoms with Crippen LogP contribution in [0.4, 0.5) is 0 Å². The summed E-state index contributed by atoms with van der Waals surface area (Å²) in [6.45, 7) is 0. The Hall–Kier alpha value is -1.43. The van der Waals surface area contributed by atoms with Crippen molar-refractivity contribution in [1.82, 2.24) is 0 Å². The largest absolute Gasteiger partial charge is 0.480 e. The number of allylic oxidation sites excluding steroid dienone is 1. The lowest BCUT2D eigenvalue weighted by Gasteiger charge is -2.05. The van der Waals surface area contributed by atoms with Crippen LogP contribution in [0.5, 0.6) is 0 Å². The van der Waals surface area contributed by atoms with E-state index in [1.165, 1.54) is 18.4 Å². The second kappa shape index (κ2) is 3.31. The van der Waals surface area contributed by atoms with Crippen LogP contribution in [0, 0.1) is 5.92 Å². The highest BCUT2D eigenvalue weighted by Gasteiger charge is 2.23. The Labute approximate surface area is 69.6 Å². The maximum Gasteiger partial charge on any atom is 0.317 e. The summed E-state index contributed by atoms with van der Waals surface area (Å²) in [4.78, 5) is 13.5. The summed E-state index contributed by atoms with van der Waals surface area (Å²) >= 11 is 0. The van der Waals surface area contributed by atoms with Gasteiger partial charge in [-0.25, -0.2) is 4.99 Å². The van der Waals surface area contributed by atoms with E-state index in [-0.39, 0.29) is 4.99 Å². The molecule has 1 unspecified atom stereocenters. The molecule has 0 bridgehead atoms. The summed E-state index contributed by atoms with van der Waals surface area (Å²) in [7, 11) is -2.57. The van der Waals surface area contributed by atoms with Crippen LogP contribution in [0.15, 0.2) is 17.1 Å². The molecule has 6 heteroatoms. The minimum absolute atomic E-state index is 0.356. The fraction of sp³-hybridized carbons (Fsp3) is 0.167. The Bertz CT molecular complexity index is 382. The number of carbonyl (C=O) groups is 1. The van der Waals surface area contributed by atoms with E-state index in [1.54, 1.807) is 0 Å². The van der Waals surface area contributed by atoms with Crippen molar-refractivity contribution in [2.45, 2.75) is 0 Å². The van der Waals surface area contributed by atoms with E-state index in [1.807, 2.05) is 0 Å². The van der Waals surface area contributed by atoms with E-state index in [0.29, 0.717) is 0 Å². The standard InChI is InChI=1S/C6H5NO4S/c8-6(9)4-2-1-3-7-5(4)12(10)11/h1-4H,(H,8,9). The first-order valence-corrected chi connectivity index (χ1v) is 4.10. The van der Waals surface area contributed by atoms with Crippen molar-refractivity contribution in [2.75, 3.05) is 0 Å². The average molecular weight is 187 g/mol. The molecule has 1 heterocycles. The van der Waals surface area contributed by atoms with Gasteiger partial charge in [0.15, 0.2) is 4.99 Å². The van der Waals surface area contributed by atoms with Gasteiger partial charge in [-0.05, 0) is 6.08 Å². The van der Waals surface area contributed by atoms with Gasteiger partial charge in [0.2, 0.25) is 10.3 Å². The predicted molar refractivity (Wildman–Crippen MR) is 42.7 cm³/mol. The first kappa shape index (κ1) is 8.66. The summed E-state index contributed by atoms with van der Waals surface area (Å²) in [5.74, 6) is -2.37. The fourth-order valence-electron chi connectivity index (χ4n) is 0.775. The highest BCUT2D eigenvalue weighted by Crippen LogP contribution is 2.06. The molecule has 0 saturated carbocycles. The smallest absolute Gasteiger partial charge is 0.317 e. The van der Waals surface area contributed by atoms with Gasteiger partial charge in [0, 0.05) is 6.21 Å². The molecular formula is C6H5NO4S. The summed E-state index contributed by atoms with van der Waals surface area (Å²) in [5, 5.41) is 8.54. The maximum absolute atomic E-state index is 10.4. The van der Waals surface area contributed by atoms with E-state index in [2.05, 4.69) is 4.99 Å². The third-order valence-electron chi connectivity index (χ3n) is 1.29. The van der Waals surface area contributed by atoms with Crippen molar-refractivity contribution < 1.29 is 18.3 Å². The van der Waals surface area contributed by atoms with E-state index in [0.717, 1.165) is 0 Å². The Kier molecular flexibility index (Phi) is 2.39. The zero-order chi connectivity index (χ0) is 9.14. The summed E-state index contributed by atoms with van der Waals surface area (Å²) in [5.41, 5.74) is 0. The molecule has 1 atom stereocenters. The second-order valence-electron chi connectivity index (χ2n) is 2.05. The van der Waals surface area contributed by atoms with Crippen molar-refractivity contribution in [3.8, 4) is 0 Å². The molecule has 1 aliphatic heterocycles.